The maximum Gasteiger partial charge on any atom is 0.237 e. The summed E-state index contributed by atoms with van der Waals surface area (Å²) < 4.78 is 5.36. The number of hydrogen-bond donors (Lipinski definition) is 1. The van der Waals surface area contributed by atoms with Gasteiger partial charge in [0.1, 0.15) is 0 Å². The Kier molecular flexibility index (Phi) is 8.51. The van der Waals surface area contributed by atoms with Crippen molar-refractivity contribution in [3.05, 3.63) is 0 Å². The van der Waals surface area contributed by atoms with E-state index in [1.165, 1.54) is 0 Å². The Labute approximate surface area is 164 Å². The molecule has 7 heteroatoms. The summed E-state index contributed by atoms with van der Waals surface area (Å²) in [6.45, 7) is 14.3. The van der Waals surface area contributed by atoms with Crippen LogP contribution in [0, 0.1) is 5.41 Å². The summed E-state index contributed by atoms with van der Waals surface area (Å²) in [7, 11) is 1.85. The second-order valence-corrected chi connectivity index (χ2v) is 9.02. The maximum absolute atomic E-state index is 12.7. The van der Waals surface area contributed by atoms with E-state index in [1.54, 1.807) is 4.90 Å². The first-order chi connectivity index (χ1) is 12.8. The maximum atomic E-state index is 12.7. The van der Waals surface area contributed by atoms with Gasteiger partial charge in [-0.25, -0.2) is 0 Å². The Bertz CT molecular complexity index is 486. The second kappa shape index (κ2) is 10.4. The van der Waals surface area contributed by atoms with E-state index in [-0.39, 0.29) is 29.7 Å². The summed E-state index contributed by atoms with van der Waals surface area (Å²) in [5.74, 6) is 0.0434. The van der Waals surface area contributed by atoms with Crippen LogP contribution < -0.4 is 5.32 Å². The molecule has 0 aromatic rings. The molecule has 7 nitrogen and oxygen atoms in total. The number of nitrogens with one attached hydrogen (secondary N) is 1. The zero-order chi connectivity index (χ0) is 19.9. The number of ether oxygens (including phenoxy) is 1. The molecule has 0 unspecified atom stereocenters. The number of unbranched alkanes of at least 4 members (excludes halogenated alkanes) is 1. The predicted octanol–water partition coefficient (Wildman–Crippen LogP) is 0.794. The van der Waals surface area contributed by atoms with E-state index in [9.17, 15) is 9.59 Å². The number of amides is 2. The van der Waals surface area contributed by atoms with Crippen molar-refractivity contribution < 1.29 is 14.3 Å². The Morgan fingerprint density at radius 2 is 1.93 bits per heavy atom. The van der Waals surface area contributed by atoms with E-state index in [2.05, 4.69) is 35.9 Å². The number of hydrogen-bond acceptors (Lipinski definition) is 5. The van der Waals surface area contributed by atoms with Crippen molar-refractivity contribution in [3.63, 3.8) is 0 Å². The third kappa shape index (κ3) is 7.76. The van der Waals surface area contributed by atoms with Gasteiger partial charge in [-0.3, -0.25) is 19.4 Å². The van der Waals surface area contributed by atoms with Crippen LogP contribution in [-0.2, 0) is 14.3 Å². The smallest absolute Gasteiger partial charge is 0.237 e. The molecule has 1 atom stereocenters. The lowest BCUT2D eigenvalue weighted by atomic mass is 9.94. The highest BCUT2D eigenvalue weighted by atomic mass is 16.5. The molecule has 2 heterocycles. The van der Waals surface area contributed by atoms with Crippen LogP contribution in [0.15, 0.2) is 0 Å². The fourth-order valence-electron chi connectivity index (χ4n) is 3.74. The topological polar surface area (TPSA) is 65.1 Å². The molecule has 27 heavy (non-hydrogen) atoms. The van der Waals surface area contributed by atoms with Crippen LogP contribution in [0.4, 0.5) is 0 Å². The van der Waals surface area contributed by atoms with E-state index in [0.29, 0.717) is 6.54 Å². The van der Waals surface area contributed by atoms with Gasteiger partial charge in [-0.2, -0.15) is 0 Å². The molecule has 156 valence electrons. The highest BCUT2D eigenvalue weighted by Crippen LogP contribution is 2.20. The highest BCUT2D eigenvalue weighted by molar-refractivity contribution is 5.88. The van der Waals surface area contributed by atoms with Gasteiger partial charge < -0.3 is 15.0 Å². The van der Waals surface area contributed by atoms with Gasteiger partial charge >= 0.3 is 0 Å². The van der Waals surface area contributed by atoms with E-state index in [4.69, 9.17) is 4.74 Å². The average Bonchev–Trinajstić information content (AvgIpc) is 2.61. The molecular formula is C20H38N4O3. The number of morpholine rings is 1. The lowest BCUT2D eigenvalue weighted by Crippen LogP contribution is -2.58. The summed E-state index contributed by atoms with van der Waals surface area (Å²) >= 11 is 0. The van der Waals surface area contributed by atoms with Crippen molar-refractivity contribution in [3.8, 4) is 0 Å². The molecule has 0 aromatic carbocycles. The van der Waals surface area contributed by atoms with E-state index in [1.807, 2.05) is 7.05 Å². The van der Waals surface area contributed by atoms with Gasteiger partial charge in [0.15, 0.2) is 0 Å². The number of piperazine rings is 1. The van der Waals surface area contributed by atoms with Crippen molar-refractivity contribution in [2.24, 2.45) is 5.41 Å². The molecule has 2 saturated heterocycles. The van der Waals surface area contributed by atoms with Crippen LogP contribution >= 0.6 is 0 Å². The van der Waals surface area contributed by atoms with E-state index < -0.39 is 0 Å². The summed E-state index contributed by atoms with van der Waals surface area (Å²) in [4.78, 5) is 31.4. The molecule has 2 fully saturated rings. The molecule has 0 spiro atoms. The van der Waals surface area contributed by atoms with Gasteiger partial charge in [-0.05, 0) is 24.8 Å². The molecule has 2 amide bonds. The van der Waals surface area contributed by atoms with Crippen molar-refractivity contribution in [1.82, 2.24) is 20.0 Å². The molecule has 2 rings (SSSR count). The number of rotatable bonds is 8. The number of carbonyl (C=O) groups is 2. The van der Waals surface area contributed by atoms with Crippen LogP contribution in [0.5, 0.6) is 0 Å². The number of carbonyl (C=O) groups excluding carboxylic acids is 2. The van der Waals surface area contributed by atoms with Gasteiger partial charge in [0.25, 0.3) is 0 Å². The zero-order valence-corrected chi connectivity index (χ0v) is 17.6. The third-order valence-corrected chi connectivity index (χ3v) is 5.23. The Balaban J connectivity index is 1.74. The molecule has 1 N–H and O–H groups in total. The fourth-order valence-corrected chi connectivity index (χ4v) is 3.74. The van der Waals surface area contributed by atoms with Gasteiger partial charge in [0.05, 0.1) is 25.7 Å². The monoisotopic (exact) mass is 382 g/mol. The summed E-state index contributed by atoms with van der Waals surface area (Å²) in [6.07, 6.45) is 2.34. The predicted molar refractivity (Wildman–Crippen MR) is 107 cm³/mol. The standard InChI is InChI=1S/C20H38N4O3/c1-20(2,3)16-24-10-7-21-19(26)17(24)15-18(25)22(4)8-5-6-9-23-11-13-27-14-12-23/h17H,5-16H2,1-4H3,(H,21,26)/t17-/m0/s1. The lowest BCUT2D eigenvalue weighted by Gasteiger charge is -2.39. The summed E-state index contributed by atoms with van der Waals surface area (Å²) in [5.41, 5.74) is 0.101. The molecule has 0 aromatic heterocycles. The average molecular weight is 383 g/mol. The number of nitrogens with zero attached hydrogens (tertiary/aromatic N) is 3. The van der Waals surface area contributed by atoms with E-state index >= 15 is 0 Å². The van der Waals surface area contributed by atoms with Gasteiger partial charge in [0.2, 0.25) is 11.8 Å². The summed E-state index contributed by atoms with van der Waals surface area (Å²) in [5, 5.41) is 2.91. The first kappa shape index (κ1) is 22.1. The first-order valence-electron chi connectivity index (χ1n) is 10.3. The van der Waals surface area contributed by atoms with Gasteiger partial charge in [-0.1, -0.05) is 20.8 Å². The third-order valence-electron chi connectivity index (χ3n) is 5.23. The quantitative estimate of drug-likeness (QED) is 0.629. The summed E-state index contributed by atoms with van der Waals surface area (Å²) in [6, 6.07) is -0.346. The highest BCUT2D eigenvalue weighted by Gasteiger charge is 2.34. The molecule has 2 aliphatic rings. The normalized spacial score (nSPS) is 22.5. The van der Waals surface area contributed by atoms with Crippen molar-refractivity contribution >= 4 is 11.8 Å². The van der Waals surface area contributed by atoms with Crippen molar-refractivity contribution in [2.75, 3.05) is 66.1 Å². The Morgan fingerprint density at radius 3 is 2.59 bits per heavy atom. The molecule has 2 aliphatic heterocycles. The van der Waals surface area contributed by atoms with Crippen LogP contribution in [0.1, 0.15) is 40.0 Å². The molecule has 0 bridgehead atoms. The lowest BCUT2D eigenvalue weighted by molar-refractivity contribution is -0.138. The largest absolute Gasteiger partial charge is 0.379 e. The van der Waals surface area contributed by atoms with Gasteiger partial charge in [0, 0.05) is 46.3 Å². The first-order valence-corrected chi connectivity index (χ1v) is 10.3. The molecule has 0 radical (unpaired) electrons. The van der Waals surface area contributed by atoms with Crippen molar-refractivity contribution in [1.29, 1.82) is 0 Å². The second-order valence-electron chi connectivity index (χ2n) is 9.02. The molecular weight excluding hydrogens is 344 g/mol. The minimum atomic E-state index is -0.346. The van der Waals surface area contributed by atoms with Gasteiger partial charge in [-0.15, -0.1) is 0 Å². The van der Waals surface area contributed by atoms with Crippen LogP contribution in [-0.4, -0.2) is 98.6 Å². The van der Waals surface area contributed by atoms with E-state index in [0.717, 1.165) is 65.3 Å². The molecule has 0 aliphatic carbocycles. The van der Waals surface area contributed by atoms with Crippen LogP contribution in [0.3, 0.4) is 0 Å². The SMILES string of the molecule is CN(CCCCN1CCOCC1)C(=O)C[C@H]1C(=O)NCCN1CC(C)(C)C. The van der Waals surface area contributed by atoms with Crippen LogP contribution in [0.2, 0.25) is 0 Å². The minimum absolute atomic E-state index is 0.0143. The fraction of sp³-hybridized carbons (Fsp3) is 0.900. The van der Waals surface area contributed by atoms with Crippen LogP contribution in [0.25, 0.3) is 0 Å². The van der Waals surface area contributed by atoms with Crippen molar-refractivity contribution in [2.45, 2.75) is 46.1 Å². The Hall–Kier alpha value is -1.18. The molecule has 0 saturated carbocycles. The minimum Gasteiger partial charge on any atom is -0.379 e. The Morgan fingerprint density at radius 1 is 1.22 bits per heavy atom. The zero-order valence-electron chi connectivity index (χ0n) is 17.6.